The van der Waals surface area contributed by atoms with Gasteiger partial charge < -0.3 is 44.3 Å². The van der Waals surface area contributed by atoms with Crippen molar-refractivity contribution in [1.82, 2.24) is 40.0 Å². The molecule has 430 valence electrons. The van der Waals surface area contributed by atoms with E-state index in [0.717, 1.165) is 40.9 Å². The Kier molecular flexibility index (Phi) is 21.7. The van der Waals surface area contributed by atoms with Gasteiger partial charge in [0.2, 0.25) is 0 Å². The van der Waals surface area contributed by atoms with Gasteiger partial charge in [-0.2, -0.15) is 0 Å². The number of carbonyl (C=O) groups excluding carboxylic acids is 4. The third-order valence-corrected chi connectivity index (χ3v) is 14.4. The highest BCUT2D eigenvalue weighted by atomic mass is 32.2. The van der Waals surface area contributed by atoms with Crippen LogP contribution < -0.4 is 5.73 Å². The van der Waals surface area contributed by atoms with Gasteiger partial charge in [0.15, 0.2) is 47.1 Å². The Balaban J connectivity index is 0.000000287. The van der Waals surface area contributed by atoms with Gasteiger partial charge in [-0.05, 0) is 52.4 Å². The maximum absolute atomic E-state index is 13.9. The highest BCUT2D eigenvalue weighted by Gasteiger charge is 2.50. The molecule has 0 spiro atoms. The number of aromatic nitrogens is 8. The van der Waals surface area contributed by atoms with Crippen LogP contribution in [0.15, 0.2) is 83.1 Å². The maximum atomic E-state index is 13.9. The van der Waals surface area contributed by atoms with Crippen molar-refractivity contribution >= 4 is 59.0 Å². The predicted octanol–water partition coefficient (Wildman–Crippen LogP) is 8.66. The molecule has 30 heteroatoms. The van der Waals surface area contributed by atoms with Gasteiger partial charge in [-0.3, -0.25) is 19.2 Å². The zero-order valence-electron chi connectivity index (χ0n) is 41.7. The Bertz CT molecular complexity index is 3150. The SMILES string of the molecule is C.C.CC(=O)OCC1O[C@H](Sc2ccnc(N)c2)C(C)[C@@H](n2cc(-c3cc(F)c(F)c(F)c3)nn2)[C@H]1OC(C)=O.CC(=O)OCC1O[C@H](Sc2ccnc([N+](=O)[O-])c2)C(C)[C@@H](n2cc(-c3cc(F)c(F)c(F)c3)nn2)[C@H]1OC(C)=O. The molecular weight excluding hydrogens is 1110 g/mol. The first kappa shape index (κ1) is 63.1. The summed E-state index contributed by atoms with van der Waals surface area (Å²) in [6, 6.07) is 7.85. The van der Waals surface area contributed by atoms with Crippen LogP contribution in [0.1, 0.15) is 68.5 Å². The van der Waals surface area contributed by atoms with E-state index in [1.54, 1.807) is 31.3 Å². The molecule has 0 radical (unpaired) electrons. The number of hydrogen-bond donors (Lipinski definition) is 1. The summed E-state index contributed by atoms with van der Waals surface area (Å²) in [5.41, 5.74) is 4.44. The van der Waals surface area contributed by atoms with Gasteiger partial charge in [0.05, 0.1) is 24.5 Å². The lowest BCUT2D eigenvalue weighted by Crippen LogP contribution is -2.53. The number of nitrogens with zero attached hydrogens (tertiary/aromatic N) is 9. The molecular formula is C50H54F6N10O12S2. The van der Waals surface area contributed by atoms with Crippen LogP contribution in [0.2, 0.25) is 0 Å². The largest absolute Gasteiger partial charge is 0.463 e. The lowest BCUT2D eigenvalue weighted by Gasteiger charge is -2.44. The third-order valence-electron chi connectivity index (χ3n) is 11.8. The number of carbonyl (C=O) groups is 4. The second-order valence-corrected chi connectivity index (χ2v) is 19.8. The van der Waals surface area contributed by atoms with Crippen molar-refractivity contribution in [3.63, 3.8) is 0 Å². The number of rotatable bonds is 15. The minimum absolute atomic E-state index is 0. The van der Waals surface area contributed by atoms with E-state index in [1.165, 1.54) is 73.5 Å². The number of hydrogen-bond acceptors (Lipinski definition) is 21. The van der Waals surface area contributed by atoms with E-state index in [2.05, 4.69) is 30.6 Å². The van der Waals surface area contributed by atoms with Crippen LogP contribution in [0.5, 0.6) is 0 Å². The standard InChI is InChI=1S/C24H22F3N5O7S.C24H24F3N5O5S.2CH4/c1-11-22(31-9-18(29-30-31)14-6-16(25)21(27)17(26)7-14)23(38-13(3)34)19(10-37-12(2)33)39-24(11)40-15-4-5-28-20(8-15)32(35)36;1-11-22(32-9-18(30-31-32)14-6-16(25)21(27)17(26)7-14)23(36-13(3)34)19(10-35-12(2)33)37-24(11)38-15-4-5-29-20(28)8-15;;/h4-9,11,19,22-24H,10H2,1-3H3;4-9,11,19,22-24H,10H2,1-3H3,(H2,28,29);2*1H4/t2*11?,19?,22-,23+,24-;;/m11../s1. The number of nitrogens with two attached hydrogens (primary N) is 1. The van der Waals surface area contributed by atoms with E-state index >= 15 is 0 Å². The number of pyridine rings is 2. The molecule has 0 bridgehead atoms. The molecule has 2 N–H and O–H groups in total. The number of benzene rings is 2. The number of anilines is 1. The Morgan fingerprint density at radius 3 is 1.39 bits per heavy atom. The quantitative estimate of drug-likeness (QED) is 0.0251. The van der Waals surface area contributed by atoms with E-state index in [1.807, 2.05) is 6.92 Å². The topological polar surface area (TPSA) is 280 Å². The van der Waals surface area contributed by atoms with Crippen LogP contribution in [0.25, 0.3) is 22.5 Å². The van der Waals surface area contributed by atoms with Crippen LogP contribution in [0.4, 0.5) is 38.0 Å². The first-order chi connectivity index (χ1) is 37.0. The van der Waals surface area contributed by atoms with Gasteiger partial charge in [0.1, 0.15) is 59.7 Å². The average molecular weight is 1170 g/mol. The summed E-state index contributed by atoms with van der Waals surface area (Å²) in [5.74, 6) is -12.2. The molecule has 4 aromatic heterocycles. The number of halogens is 6. The Labute approximate surface area is 461 Å². The summed E-state index contributed by atoms with van der Waals surface area (Å²) < 4.78 is 119. The zero-order valence-corrected chi connectivity index (χ0v) is 43.3. The maximum Gasteiger partial charge on any atom is 0.364 e. The van der Waals surface area contributed by atoms with Crippen LogP contribution >= 0.6 is 23.5 Å². The van der Waals surface area contributed by atoms with Gasteiger partial charge in [-0.25, -0.2) is 40.7 Å². The summed E-state index contributed by atoms with van der Waals surface area (Å²) >= 11 is 2.45. The van der Waals surface area contributed by atoms with E-state index in [-0.39, 0.29) is 56.4 Å². The Hall–Kier alpha value is -7.70. The van der Waals surface area contributed by atoms with Gasteiger partial charge in [0, 0.05) is 72.7 Å². The smallest absolute Gasteiger partial charge is 0.364 e. The van der Waals surface area contributed by atoms with Crippen molar-refractivity contribution < 1.29 is 78.9 Å². The molecule has 4 unspecified atom stereocenters. The predicted molar refractivity (Wildman–Crippen MR) is 273 cm³/mol. The lowest BCUT2D eigenvalue weighted by molar-refractivity contribution is -0.389. The zero-order chi connectivity index (χ0) is 56.7. The fourth-order valence-electron chi connectivity index (χ4n) is 8.36. The van der Waals surface area contributed by atoms with E-state index < -0.39 is 123 Å². The highest BCUT2D eigenvalue weighted by Crippen LogP contribution is 2.45. The molecule has 0 aliphatic carbocycles. The first-order valence-corrected chi connectivity index (χ1v) is 24.9. The number of nitrogen functional groups attached to an aromatic ring is 1. The molecule has 80 heavy (non-hydrogen) atoms. The van der Waals surface area contributed by atoms with E-state index in [9.17, 15) is 55.6 Å². The van der Waals surface area contributed by atoms with E-state index in [4.69, 9.17) is 34.2 Å². The fraction of sp³-hybridized carbons (Fsp3) is 0.400. The molecule has 2 aromatic carbocycles. The molecule has 0 amide bonds. The van der Waals surface area contributed by atoms with Crippen LogP contribution in [0.3, 0.4) is 0 Å². The molecule has 8 rings (SSSR count). The van der Waals surface area contributed by atoms with Crippen molar-refractivity contribution in [2.45, 2.75) is 114 Å². The third kappa shape index (κ3) is 15.4. The normalized spacial score (nSPS) is 22.2. The number of thioether (sulfide) groups is 2. The van der Waals surface area contributed by atoms with Crippen molar-refractivity contribution in [1.29, 1.82) is 0 Å². The molecule has 6 aromatic rings. The van der Waals surface area contributed by atoms with Gasteiger partial charge in [-0.1, -0.05) is 62.7 Å². The molecule has 2 aliphatic heterocycles. The van der Waals surface area contributed by atoms with Gasteiger partial charge in [0.25, 0.3) is 0 Å². The molecule has 0 saturated carbocycles. The molecule has 6 heterocycles. The summed E-state index contributed by atoms with van der Waals surface area (Å²) in [6.07, 6.45) is 1.63. The summed E-state index contributed by atoms with van der Waals surface area (Å²) in [7, 11) is 0. The molecule has 22 nitrogen and oxygen atoms in total. The van der Waals surface area contributed by atoms with Crippen molar-refractivity contribution in [3.05, 3.63) is 118 Å². The van der Waals surface area contributed by atoms with Crippen molar-refractivity contribution in [2.24, 2.45) is 11.8 Å². The molecule has 10 atom stereocenters. The van der Waals surface area contributed by atoms with Crippen LogP contribution in [0, 0.1) is 56.9 Å². The van der Waals surface area contributed by atoms with E-state index in [0.29, 0.717) is 10.7 Å². The summed E-state index contributed by atoms with van der Waals surface area (Å²) in [4.78, 5) is 66.7. The second kappa shape index (κ2) is 27.4. The fourth-order valence-corrected chi connectivity index (χ4v) is 10.7. The second-order valence-electron chi connectivity index (χ2n) is 17.5. The summed E-state index contributed by atoms with van der Waals surface area (Å²) in [5, 5.41) is 27.4. The lowest BCUT2D eigenvalue weighted by atomic mass is 9.90. The monoisotopic (exact) mass is 1160 g/mol. The number of nitro groups is 1. The van der Waals surface area contributed by atoms with Gasteiger partial charge >= 0.3 is 29.7 Å². The van der Waals surface area contributed by atoms with Crippen LogP contribution in [-0.2, 0) is 47.6 Å². The Morgan fingerprint density at radius 2 is 1.02 bits per heavy atom. The minimum atomic E-state index is -1.63. The highest BCUT2D eigenvalue weighted by molar-refractivity contribution is 8.00. The van der Waals surface area contributed by atoms with Gasteiger partial charge in [-0.15, -0.1) is 10.2 Å². The first-order valence-electron chi connectivity index (χ1n) is 23.2. The number of ether oxygens (including phenoxy) is 6. The molecule has 2 aliphatic rings. The average Bonchev–Trinajstić information content (AvgIpc) is 4.13. The van der Waals surface area contributed by atoms with Crippen molar-refractivity contribution in [3.8, 4) is 22.5 Å². The minimum Gasteiger partial charge on any atom is -0.463 e. The van der Waals surface area contributed by atoms with Crippen molar-refractivity contribution in [2.75, 3.05) is 18.9 Å². The Morgan fingerprint density at radius 1 is 0.637 bits per heavy atom. The number of esters is 4. The summed E-state index contributed by atoms with van der Waals surface area (Å²) in [6.45, 7) is 7.89. The molecule has 2 fully saturated rings. The molecule has 2 saturated heterocycles. The van der Waals surface area contributed by atoms with Crippen LogP contribution in [-0.4, -0.2) is 117 Å².